The monoisotopic (exact) mass is 339 g/mol. The average molecular weight is 340 g/mol. The topological polar surface area (TPSA) is 30.7 Å². The van der Waals surface area contributed by atoms with E-state index < -0.39 is 0 Å². The van der Waals surface area contributed by atoms with Gasteiger partial charge in [0.15, 0.2) is 0 Å². The van der Waals surface area contributed by atoms with Gasteiger partial charge in [0.25, 0.3) is 0 Å². The molecule has 0 saturated carbocycles. The Labute approximate surface area is 137 Å². The zero-order valence-corrected chi connectivity index (χ0v) is 14.3. The quantitative estimate of drug-likeness (QED) is 0.601. The third-order valence-corrected chi connectivity index (χ3v) is 4.93. The zero-order valence-electron chi connectivity index (χ0n) is 12.0. The van der Waals surface area contributed by atoms with Crippen molar-refractivity contribution in [2.45, 2.75) is 32.2 Å². The highest BCUT2D eigenvalue weighted by Gasteiger charge is 2.22. The molecule has 110 valence electrons. The predicted molar refractivity (Wildman–Crippen MR) is 89.7 cm³/mol. The molecule has 3 rings (SSSR count). The molecule has 3 nitrogen and oxygen atoms in total. The molecule has 3 aromatic rings. The number of thiazole rings is 1. The molecule has 0 fully saturated rings. The molecule has 0 amide bonds. The van der Waals surface area contributed by atoms with Crippen LogP contribution in [-0.2, 0) is 0 Å². The molecule has 2 atom stereocenters. The first-order valence-electron chi connectivity index (χ1n) is 6.71. The number of benzene rings is 1. The van der Waals surface area contributed by atoms with Crippen LogP contribution in [0.3, 0.4) is 0 Å². The van der Waals surface area contributed by atoms with Crippen LogP contribution in [0.2, 0.25) is 5.02 Å². The van der Waals surface area contributed by atoms with Gasteiger partial charge in [-0.05, 0) is 39.0 Å². The first-order valence-corrected chi connectivity index (χ1v) is 8.34. The first kappa shape index (κ1) is 14.8. The number of hydrogen-bond acceptors (Lipinski definition) is 3. The smallest absolute Gasteiger partial charge is 0.128 e. The molecular formula is C15H15Cl2N3S. The van der Waals surface area contributed by atoms with Crippen LogP contribution in [0.25, 0.3) is 11.0 Å². The van der Waals surface area contributed by atoms with E-state index in [9.17, 15) is 0 Å². The second kappa shape index (κ2) is 5.59. The van der Waals surface area contributed by atoms with Gasteiger partial charge in [-0.2, -0.15) is 0 Å². The summed E-state index contributed by atoms with van der Waals surface area (Å²) in [5, 5.41) is 1.55. The standard InChI is InChI=1S/C15H15Cl2N3S/c1-8-7-18-15(21-8)10(3)20-13-5-4-11(17)6-12(13)19-14(20)9(2)16/h4-7,9-10H,1-3H3. The van der Waals surface area contributed by atoms with Gasteiger partial charge in [-0.1, -0.05) is 11.6 Å². The summed E-state index contributed by atoms with van der Waals surface area (Å²) in [4.78, 5) is 10.3. The molecule has 0 aliphatic rings. The van der Waals surface area contributed by atoms with E-state index in [4.69, 9.17) is 23.2 Å². The molecule has 0 bridgehead atoms. The lowest BCUT2D eigenvalue weighted by molar-refractivity contribution is 0.615. The molecule has 21 heavy (non-hydrogen) atoms. The number of aryl methyl sites for hydroxylation is 1. The Morgan fingerprint density at radius 3 is 2.67 bits per heavy atom. The van der Waals surface area contributed by atoms with Crippen LogP contribution in [0.5, 0.6) is 0 Å². The lowest BCUT2D eigenvalue weighted by Gasteiger charge is -2.16. The number of hydrogen-bond donors (Lipinski definition) is 0. The van der Waals surface area contributed by atoms with Gasteiger partial charge in [-0.3, -0.25) is 0 Å². The summed E-state index contributed by atoms with van der Waals surface area (Å²) in [6.45, 7) is 6.11. The van der Waals surface area contributed by atoms with Crippen molar-refractivity contribution in [1.29, 1.82) is 0 Å². The van der Waals surface area contributed by atoms with Crippen LogP contribution < -0.4 is 0 Å². The van der Waals surface area contributed by atoms with Crippen molar-refractivity contribution >= 4 is 45.6 Å². The van der Waals surface area contributed by atoms with Gasteiger partial charge in [0, 0.05) is 16.1 Å². The Morgan fingerprint density at radius 1 is 1.29 bits per heavy atom. The number of imidazole rings is 1. The number of fused-ring (bicyclic) bond motifs is 1. The van der Waals surface area contributed by atoms with Gasteiger partial charge in [-0.15, -0.1) is 22.9 Å². The van der Waals surface area contributed by atoms with Crippen molar-refractivity contribution in [3.63, 3.8) is 0 Å². The number of nitrogens with zero attached hydrogens (tertiary/aromatic N) is 3. The van der Waals surface area contributed by atoms with E-state index in [2.05, 4.69) is 28.4 Å². The van der Waals surface area contributed by atoms with E-state index >= 15 is 0 Å². The molecule has 0 aliphatic carbocycles. The Kier molecular flexibility index (Phi) is 3.95. The van der Waals surface area contributed by atoms with Gasteiger partial charge >= 0.3 is 0 Å². The number of alkyl halides is 1. The van der Waals surface area contributed by atoms with Crippen LogP contribution >= 0.6 is 34.5 Å². The lowest BCUT2D eigenvalue weighted by atomic mass is 10.2. The van der Waals surface area contributed by atoms with Crippen LogP contribution in [0.15, 0.2) is 24.4 Å². The SMILES string of the molecule is Cc1cnc(C(C)n2c(C(C)Cl)nc3cc(Cl)ccc32)s1. The fourth-order valence-electron chi connectivity index (χ4n) is 2.45. The number of halogens is 2. The van der Waals surface area contributed by atoms with E-state index in [1.54, 1.807) is 11.3 Å². The summed E-state index contributed by atoms with van der Waals surface area (Å²) >= 11 is 14.1. The normalized spacial score (nSPS) is 14.5. The van der Waals surface area contributed by atoms with E-state index in [1.165, 1.54) is 4.88 Å². The van der Waals surface area contributed by atoms with Gasteiger partial charge in [0.1, 0.15) is 10.8 Å². The maximum Gasteiger partial charge on any atom is 0.128 e. The second-order valence-corrected chi connectivity index (χ2v) is 7.43. The highest BCUT2D eigenvalue weighted by Crippen LogP contribution is 2.33. The zero-order chi connectivity index (χ0) is 15.1. The van der Waals surface area contributed by atoms with Crippen molar-refractivity contribution in [3.05, 3.63) is 45.1 Å². The van der Waals surface area contributed by atoms with E-state index in [-0.39, 0.29) is 11.4 Å². The Bertz CT molecular complexity index is 791. The Hall–Kier alpha value is -1.10. The van der Waals surface area contributed by atoms with Gasteiger partial charge in [0.2, 0.25) is 0 Å². The van der Waals surface area contributed by atoms with Crippen molar-refractivity contribution in [2.24, 2.45) is 0 Å². The van der Waals surface area contributed by atoms with Crippen molar-refractivity contribution in [1.82, 2.24) is 14.5 Å². The van der Waals surface area contributed by atoms with Crippen molar-refractivity contribution < 1.29 is 0 Å². The molecule has 0 radical (unpaired) electrons. The summed E-state index contributed by atoms with van der Waals surface area (Å²) < 4.78 is 2.15. The minimum atomic E-state index is -0.181. The molecule has 0 aliphatic heterocycles. The third-order valence-electron chi connectivity index (χ3n) is 3.42. The molecule has 0 spiro atoms. The Morgan fingerprint density at radius 2 is 2.05 bits per heavy atom. The lowest BCUT2D eigenvalue weighted by Crippen LogP contribution is -2.11. The molecule has 2 aromatic heterocycles. The fraction of sp³-hybridized carbons (Fsp3) is 0.333. The number of rotatable bonds is 3. The van der Waals surface area contributed by atoms with Gasteiger partial charge in [-0.25, -0.2) is 9.97 Å². The summed E-state index contributed by atoms with van der Waals surface area (Å²) in [6, 6.07) is 5.83. The van der Waals surface area contributed by atoms with Crippen LogP contribution in [-0.4, -0.2) is 14.5 Å². The summed E-state index contributed by atoms with van der Waals surface area (Å²) in [5.41, 5.74) is 1.90. The van der Waals surface area contributed by atoms with Gasteiger partial charge in [0.05, 0.1) is 22.5 Å². The minimum Gasteiger partial charge on any atom is -0.317 e. The van der Waals surface area contributed by atoms with E-state index in [0.717, 1.165) is 21.9 Å². The second-order valence-electron chi connectivity index (χ2n) is 5.07. The maximum atomic E-state index is 6.32. The molecule has 0 N–H and O–H groups in total. The van der Waals surface area contributed by atoms with Gasteiger partial charge < -0.3 is 4.57 Å². The van der Waals surface area contributed by atoms with Crippen LogP contribution in [0.4, 0.5) is 0 Å². The molecule has 1 aromatic carbocycles. The van der Waals surface area contributed by atoms with Crippen LogP contribution in [0, 0.1) is 6.92 Å². The largest absolute Gasteiger partial charge is 0.317 e. The third kappa shape index (κ3) is 2.68. The molecule has 2 unspecified atom stereocenters. The minimum absolute atomic E-state index is 0.0890. The van der Waals surface area contributed by atoms with Crippen LogP contribution in [0.1, 0.15) is 41.0 Å². The predicted octanol–water partition coefficient (Wildman–Crippen LogP) is 5.36. The molecular weight excluding hydrogens is 325 g/mol. The number of aromatic nitrogens is 3. The molecule has 2 heterocycles. The highest BCUT2D eigenvalue weighted by atomic mass is 35.5. The summed E-state index contributed by atoms with van der Waals surface area (Å²) in [7, 11) is 0. The van der Waals surface area contributed by atoms with Crippen molar-refractivity contribution in [2.75, 3.05) is 0 Å². The van der Waals surface area contributed by atoms with E-state index in [0.29, 0.717) is 5.02 Å². The first-order chi connectivity index (χ1) is 9.97. The Balaban J connectivity index is 2.21. The summed E-state index contributed by atoms with van der Waals surface area (Å²) in [5.74, 6) is 0.842. The average Bonchev–Trinajstić information content (AvgIpc) is 3.01. The van der Waals surface area contributed by atoms with E-state index in [1.807, 2.05) is 31.3 Å². The summed E-state index contributed by atoms with van der Waals surface area (Å²) in [6.07, 6.45) is 1.90. The highest BCUT2D eigenvalue weighted by molar-refractivity contribution is 7.11. The van der Waals surface area contributed by atoms with Crippen molar-refractivity contribution in [3.8, 4) is 0 Å². The maximum absolute atomic E-state index is 6.32. The molecule has 6 heteroatoms. The fourth-order valence-corrected chi connectivity index (χ4v) is 3.59. The molecule has 0 saturated heterocycles.